The normalized spacial score (nSPS) is 14.3. The van der Waals surface area contributed by atoms with Crippen LogP contribution in [-0.2, 0) is 16.0 Å². The molecule has 1 fully saturated rings. The van der Waals surface area contributed by atoms with E-state index in [4.69, 9.17) is 0 Å². The Kier molecular flexibility index (Phi) is 4.76. The van der Waals surface area contributed by atoms with Gasteiger partial charge in [0, 0.05) is 30.8 Å². The van der Waals surface area contributed by atoms with E-state index in [0.717, 1.165) is 36.3 Å². The minimum Gasteiger partial charge on any atom is -0.326 e. The maximum atomic E-state index is 12.0. The van der Waals surface area contributed by atoms with Crippen LogP contribution in [0.4, 0.5) is 11.4 Å². The van der Waals surface area contributed by atoms with Gasteiger partial charge in [-0.2, -0.15) is 11.3 Å². The van der Waals surface area contributed by atoms with E-state index in [-0.39, 0.29) is 11.8 Å². The summed E-state index contributed by atoms with van der Waals surface area (Å²) in [6, 6.07) is 7.77. The zero-order valence-corrected chi connectivity index (χ0v) is 14.0. The Labute approximate surface area is 140 Å². The van der Waals surface area contributed by atoms with Gasteiger partial charge in [0.15, 0.2) is 0 Å². The molecule has 0 bridgehead atoms. The van der Waals surface area contributed by atoms with Crippen molar-refractivity contribution in [2.45, 2.75) is 32.6 Å². The molecule has 0 saturated carbocycles. The molecule has 0 aliphatic carbocycles. The van der Waals surface area contributed by atoms with Gasteiger partial charge in [0.05, 0.1) is 0 Å². The number of hydrogen-bond donors (Lipinski definition) is 1. The lowest BCUT2D eigenvalue weighted by atomic mass is 10.1. The molecule has 0 radical (unpaired) electrons. The molecular formula is C18H20N2O2S. The fourth-order valence-electron chi connectivity index (χ4n) is 2.86. The van der Waals surface area contributed by atoms with Gasteiger partial charge in [0.2, 0.25) is 11.8 Å². The van der Waals surface area contributed by atoms with Crippen LogP contribution in [-0.4, -0.2) is 18.4 Å². The first-order valence-corrected chi connectivity index (χ1v) is 8.80. The Balaban J connectivity index is 1.61. The minimum absolute atomic E-state index is 0.0144. The molecule has 1 aromatic heterocycles. The highest BCUT2D eigenvalue weighted by Crippen LogP contribution is 2.27. The van der Waals surface area contributed by atoms with Crippen LogP contribution in [0.25, 0.3) is 0 Å². The molecule has 2 heterocycles. The number of anilines is 2. The summed E-state index contributed by atoms with van der Waals surface area (Å²) in [6.45, 7) is 2.76. The third-order valence-corrected chi connectivity index (χ3v) is 4.80. The first-order chi connectivity index (χ1) is 11.1. The summed E-state index contributed by atoms with van der Waals surface area (Å²) >= 11 is 1.65. The SMILES string of the molecule is Cc1cc(NC(=O)CCc2ccsc2)ccc1N1CCCC1=O. The molecule has 1 aliphatic rings. The van der Waals surface area contributed by atoms with Gasteiger partial charge in [0.1, 0.15) is 0 Å². The summed E-state index contributed by atoms with van der Waals surface area (Å²) in [7, 11) is 0. The lowest BCUT2D eigenvalue weighted by Crippen LogP contribution is -2.24. The molecule has 23 heavy (non-hydrogen) atoms. The first-order valence-electron chi connectivity index (χ1n) is 7.85. The number of benzene rings is 1. The van der Waals surface area contributed by atoms with Crippen LogP contribution in [0.3, 0.4) is 0 Å². The predicted octanol–water partition coefficient (Wildman–Crippen LogP) is 3.75. The number of nitrogens with one attached hydrogen (secondary N) is 1. The lowest BCUT2D eigenvalue weighted by molar-refractivity contribution is -0.117. The molecule has 3 rings (SSSR count). The quantitative estimate of drug-likeness (QED) is 0.908. The average Bonchev–Trinajstić information content (AvgIpc) is 3.17. The third-order valence-electron chi connectivity index (χ3n) is 4.07. The smallest absolute Gasteiger partial charge is 0.227 e. The van der Waals surface area contributed by atoms with E-state index in [1.807, 2.05) is 41.5 Å². The van der Waals surface area contributed by atoms with Crippen LogP contribution in [0.15, 0.2) is 35.0 Å². The van der Waals surface area contributed by atoms with Gasteiger partial charge >= 0.3 is 0 Å². The number of hydrogen-bond acceptors (Lipinski definition) is 3. The molecular weight excluding hydrogens is 308 g/mol. The van der Waals surface area contributed by atoms with E-state index in [9.17, 15) is 9.59 Å². The van der Waals surface area contributed by atoms with Crippen molar-refractivity contribution in [2.24, 2.45) is 0 Å². The van der Waals surface area contributed by atoms with Crippen molar-refractivity contribution in [2.75, 3.05) is 16.8 Å². The number of amides is 2. The Morgan fingerprint density at radius 1 is 1.35 bits per heavy atom. The van der Waals surface area contributed by atoms with Gasteiger partial charge in [-0.15, -0.1) is 0 Å². The zero-order valence-electron chi connectivity index (χ0n) is 13.2. The van der Waals surface area contributed by atoms with Crippen LogP contribution in [0.5, 0.6) is 0 Å². The highest BCUT2D eigenvalue weighted by molar-refractivity contribution is 7.07. The summed E-state index contributed by atoms with van der Waals surface area (Å²) in [5, 5.41) is 7.03. The zero-order chi connectivity index (χ0) is 16.2. The van der Waals surface area contributed by atoms with E-state index >= 15 is 0 Å². The van der Waals surface area contributed by atoms with Crippen LogP contribution in [0.1, 0.15) is 30.4 Å². The summed E-state index contributed by atoms with van der Waals surface area (Å²) in [5.41, 5.74) is 3.94. The second-order valence-corrected chi connectivity index (χ2v) is 6.61. The van der Waals surface area contributed by atoms with Crippen molar-refractivity contribution < 1.29 is 9.59 Å². The summed E-state index contributed by atoms with van der Waals surface area (Å²) in [4.78, 5) is 25.7. The van der Waals surface area contributed by atoms with Gasteiger partial charge in [-0.1, -0.05) is 0 Å². The van der Waals surface area contributed by atoms with Crippen LogP contribution >= 0.6 is 11.3 Å². The number of thiophene rings is 1. The van der Waals surface area contributed by atoms with Crippen molar-refractivity contribution in [1.82, 2.24) is 0 Å². The monoisotopic (exact) mass is 328 g/mol. The molecule has 0 atom stereocenters. The molecule has 1 N–H and O–H groups in total. The number of carbonyl (C=O) groups excluding carboxylic acids is 2. The Morgan fingerprint density at radius 3 is 2.87 bits per heavy atom. The minimum atomic E-state index is 0.0144. The molecule has 1 saturated heterocycles. The third kappa shape index (κ3) is 3.79. The number of rotatable bonds is 5. The average molecular weight is 328 g/mol. The Bertz CT molecular complexity index is 710. The van der Waals surface area contributed by atoms with E-state index in [1.165, 1.54) is 5.56 Å². The van der Waals surface area contributed by atoms with Gasteiger partial charge in [-0.3, -0.25) is 9.59 Å². The Hall–Kier alpha value is -2.14. The number of aryl methyl sites for hydroxylation is 2. The molecule has 2 amide bonds. The molecule has 5 heteroatoms. The molecule has 0 unspecified atom stereocenters. The molecule has 2 aromatic rings. The van der Waals surface area contributed by atoms with E-state index < -0.39 is 0 Å². The van der Waals surface area contributed by atoms with Gasteiger partial charge in [-0.05, 0) is 65.9 Å². The van der Waals surface area contributed by atoms with Crippen molar-refractivity contribution in [3.05, 3.63) is 46.2 Å². The van der Waals surface area contributed by atoms with E-state index in [1.54, 1.807) is 11.3 Å². The molecule has 4 nitrogen and oxygen atoms in total. The topological polar surface area (TPSA) is 49.4 Å². The van der Waals surface area contributed by atoms with Gasteiger partial charge < -0.3 is 10.2 Å². The van der Waals surface area contributed by atoms with Crippen molar-refractivity contribution in [3.63, 3.8) is 0 Å². The van der Waals surface area contributed by atoms with Crippen molar-refractivity contribution in [3.8, 4) is 0 Å². The maximum Gasteiger partial charge on any atom is 0.227 e. The number of carbonyl (C=O) groups is 2. The fourth-order valence-corrected chi connectivity index (χ4v) is 3.56. The van der Waals surface area contributed by atoms with E-state index in [2.05, 4.69) is 10.7 Å². The van der Waals surface area contributed by atoms with Crippen LogP contribution in [0, 0.1) is 6.92 Å². The Morgan fingerprint density at radius 2 is 2.22 bits per heavy atom. The lowest BCUT2D eigenvalue weighted by Gasteiger charge is -2.19. The highest BCUT2D eigenvalue weighted by Gasteiger charge is 2.22. The second-order valence-electron chi connectivity index (χ2n) is 5.83. The fraction of sp³-hybridized carbons (Fsp3) is 0.333. The van der Waals surface area contributed by atoms with Crippen LogP contribution in [0.2, 0.25) is 0 Å². The summed E-state index contributed by atoms with van der Waals surface area (Å²) in [5.74, 6) is 0.196. The molecule has 0 spiro atoms. The maximum absolute atomic E-state index is 12.0. The molecule has 1 aliphatic heterocycles. The van der Waals surface area contributed by atoms with Gasteiger partial charge in [0.25, 0.3) is 0 Å². The molecule has 1 aromatic carbocycles. The first kappa shape index (κ1) is 15.7. The summed E-state index contributed by atoms with van der Waals surface area (Å²) < 4.78 is 0. The van der Waals surface area contributed by atoms with Gasteiger partial charge in [-0.25, -0.2) is 0 Å². The highest BCUT2D eigenvalue weighted by atomic mass is 32.1. The predicted molar refractivity (Wildman–Crippen MR) is 94.0 cm³/mol. The largest absolute Gasteiger partial charge is 0.326 e. The second kappa shape index (κ2) is 6.96. The van der Waals surface area contributed by atoms with Crippen molar-refractivity contribution in [1.29, 1.82) is 0 Å². The van der Waals surface area contributed by atoms with Crippen LogP contribution < -0.4 is 10.2 Å². The van der Waals surface area contributed by atoms with E-state index in [0.29, 0.717) is 12.8 Å². The van der Waals surface area contributed by atoms with Crippen molar-refractivity contribution >= 4 is 34.5 Å². The summed E-state index contributed by atoms with van der Waals surface area (Å²) in [6.07, 6.45) is 2.77. The number of nitrogens with zero attached hydrogens (tertiary/aromatic N) is 1. The standard InChI is InChI=1S/C18H20N2O2S/c1-13-11-15(5-6-16(13)20-9-2-3-18(20)22)19-17(21)7-4-14-8-10-23-12-14/h5-6,8,10-12H,2-4,7,9H2,1H3,(H,19,21). The molecule has 120 valence electrons.